The highest BCUT2D eigenvalue weighted by Crippen LogP contribution is 2.41. The molecule has 0 aliphatic carbocycles. The standard InChI is InChI=1S/C24H21ClN2O2/c1-27-22-11-15(29-10-4-9-28)7-8-17(22)24-20-14-26-13-19(20)18(12-23(24)27)16-5-2-3-6-21(16)25/h2-3,5-8,11-14,26,28H,4,9-10H2,1H3. The summed E-state index contributed by atoms with van der Waals surface area (Å²) in [6, 6.07) is 16.4. The minimum Gasteiger partial charge on any atom is -0.493 e. The lowest BCUT2D eigenvalue weighted by molar-refractivity contribution is 0.233. The number of rotatable bonds is 5. The van der Waals surface area contributed by atoms with Gasteiger partial charge in [0.15, 0.2) is 0 Å². The summed E-state index contributed by atoms with van der Waals surface area (Å²) in [7, 11) is 2.08. The first-order valence-electron chi connectivity index (χ1n) is 9.69. The number of aliphatic hydroxyl groups excluding tert-OH is 1. The van der Waals surface area contributed by atoms with Gasteiger partial charge in [0.2, 0.25) is 0 Å². The van der Waals surface area contributed by atoms with Gasteiger partial charge in [-0.1, -0.05) is 29.8 Å². The summed E-state index contributed by atoms with van der Waals surface area (Å²) in [6.07, 6.45) is 4.72. The van der Waals surface area contributed by atoms with Crippen molar-refractivity contribution in [2.45, 2.75) is 6.42 Å². The number of aryl methyl sites for hydroxylation is 1. The van der Waals surface area contributed by atoms with Crippen LogP contribution in [0.5, 0.6) is 5.75 Å². The van der Waals surface area contributed by atoms with Gasteiger partial charge in [-0.15, -0.1) is 0 Å². The Bertz CT molecular complexity index is 1350. The number of halogens is 1. The van der Waals surface area contributed by atoms with E-state index in [0.29, 0.717) is 13.0 Å². The van der Waals surface area contributed by atoms with Crippen LogP contribution >= 0.6 is 11.6 Å². The van der Waals surface area contributed by atoms with Crippen LogP contribution in [0.3, 0.4) is 0 Å². The average molecular weight is 405 g/mol. The topological polar surface area (TPSA) is 50.2 Å². The van der Waals surface area contributed by atoms with Crippen molar-refractivity contribution in [3.8, 4) is 16.9 Å². The molecule has 0 aliphatic heterocycles. The van der Waals surface area contributed by atoms with Crippen LogP contribution in [0, 0.1) is 0 Å². The number of nitrogens with zero attached hydrogens (tertiary/aromatic N) is 1. The summed E-state index contributed by atoms with van der Waals surface area (Å²) >= 11 is 6.53. The highest BCUT2D eigenvalue weighted by atomic mass is 35.5. The fourth-order valence-corrected chi connectivity index (χ4v) is 4.38. The van der Waals surface area contributed by atoms with Gasteiger partial charge in [0.05, 0.1) is 17.6 Å². The van der Waals surface area contributed by atoms with Gasteiger partial charge >= 0.3 is 0 Å². The van der Waals surface area contributed by atoms with Gasteiger partial charge in [0.25, 0.3) is 0 Å². The van der Waals surface area contributed by atoms with E-state index in [4.69, 9.17) is 21.4 Å². The van der Waals surface area contributed by atoms with Crippen molar-refractivity contribution in [2.24, 2.45) is 7.05 Å². The number of ether oxygens (including phenoxy) is 1. The van der Waals surface area contributed by atoms with E-state index in [9.17, 15) is 0 Å². The second-order valence-electron chi connectivity index (χ2n) is 7.24. The molecule has 0 saturated carbocycles. The summed E-state index contributed by atoms with van der Waals surface area (Å²) in [5, 5.41) is 14.5. The summed E-state index contributed by atoms with van der Waals surface area (Å²) in [5.41, 5.74) is 4.40. The first-order chi connectivity index (χ1) is 14.2. The summed E-state index contributed by atoms with van der Waals surface area (Å²) in [4.78, 5) is 3.28. The molecule has 0 saturated heterocycles. The monoisotopic (exact) mass is 404 g/mol. The number of nitrogens with one attached hydrogen (secondary N) is 1. The van der Waals surface area contributed by atoms with Crippen molar-refractivity contribution in [1.29, 1.82) is 0 Å². The fourth-order valence-electron chi connectivity index (χ4n) is 4.14. The van der Waals surface area contributed by atoms with Crippen molar-refractivity contribution in [3.63, 3.8) is 0 Å². The van der Waals surface area contributed by atoms with E-state index < -0.39 is 0 Å². The lowest BCUT2D eigenvalue weighted by Gasteiger charge is -2.08. The van der Waals surface area contributed by atoms with E-state index in [1.807, 2.05) is 30.5 Å². The second kappa shape index (κ2) is 7.14. The molecule has 3 aromatic carbocycles. The predicted octanol–water partition coefficient (Wildman–Crippen LogP) is 5.89. The molecule has 2 N–H and O–H groups in total. The maximum atomic E-state index is 8.98. The molecule has 0 aliphatic rings. The largest absolute Gasteiger partial charge is 0.493 e. The highest BCUT2D eigenvalue weighted by Gasteiger charge is 2.17. The molecule has 0 amide bonds. The molecule has 0 spiro atoms. The van der Waals surface area contributed by atoms with Crippen LogP contribution in [0.15, 0.2) is 60.9 Å². The lowest BCUT2D eigenvalue weighted by Crippen LogP contribution is -1.99. The number of H-pyrrole nitrogens is 1. The molecule has 0 atom stereocenters. The zero-order valence-corrected chi connectivity index (χ0v) is 16.8. The number of fused-ring (bicyclic) bond motifs is 5. The van der Waals surface area contributed by atoms with E-state index in [2.05, 4.69) is 47.1 Å². The van der Waals surface area contributed by atoms with Crippen LogP contribution in [0.2, 0.25) is 5.02 Å². The normalized spacial score (nSPS) is 11.7. The summed E-state index contributed by atoms with van der Waals surface area (Å²) < 4.78 is 7.99. The second-order valence-corrected chi connectivity index (χ2v) is 7.65. The molecular weight excluding hydrogens is 384 g/mol. The smallest absolute Gasteiger partial charge is 0.121 e. The van der Waals surface area contributed by atoms with Crippen molar-refractivity contribution in [3.05, 3.63) is 65.9 Å². The zero-order valence-electron chi connectivity index (χ0n) is 16.1. The van der Waals surface area contributed by atoms with Gasteiger partial charge in [0.1, 0.15) is 5.75 Å². The Hall–Kier alpha value is -2.95. The maximum Gasteiger partial charge on any atom is 0.121 e. The van der Waals surface area contributed by atoms with E-state index in [0.717, 1.165) is 38.3 Å². The number of aromatic amines is 1. The number of benzene rings is 3. The number of aromatic nitrogens is 2. The quantitative estimate of drug-likeness (QED) is 0.358. The lowest BCUT2D eigenvalue weighted by atomic mass is 9.97. The zero-order chi connectivity index (χ0) is 20.0. The Labute approximate surface area is 173 Å². The molecule has 0 unspecified atom stereocenters. The third-order valence-electron chi connectivity index (χ3n) is 5.54. The first kappa shape index (κ1) is 18.1. The first-order valence-corrected chi connectivity index (χ1v) is 10.1. The Morgan fingerprint density at radius 3 is 2.62 bits per heavy atom. The molecule has 0 radical (unpaired) electrons. The van der Waals surface area contributed by atoms with Gasteiger partial charge in [-0.2, -0.15) is 0 Å². The summed E-state index contributed by atoms with van der Waals surface area (Å²) in [6.45, 7) is 0.636. The van der Waals surface area contributed by atoms with Crippen molar-refractivity contribution < 1.29 is 9.84 Å². The molecule has 0 fully saturated rings. The van der Waals surface area contributed by atoms with Crippen LogP contribution in [-0.4, -0.2) is 27.9 Å². The molecule has 5 rings (SSSR count). The van der Waals surface area contributed by atoms with Crippen LogP contribution in [0.1, 0.15) is 6.42 Å². The van der Waals surface area contributed by atoms with Crippen molar-refractivity contribution in [1.82, 2.24) is 9.55 Å². The summed E-state index contributed by atoms with van der Waals surface area (Å²) in [5.74, 6) is 0.813. The Balaban J connectivity index is 1.78. The van der Waals surface area contributed by atoms with Gasteiger partial charge in [-0.3, -0.25) is 0 Å². The minimum absolute atomic E-state index is 0.132. The number of hydrogen-bond donors (Lipinski definition) is 2. The highest BCUT2D eigenvalue weighted by molar-refractivity contribution is 6.34. The van der Waals surface area contributed by atoms with E-state index in [1.54, 1.807) is 0 Å². The van der Waals surface area contributed by atoms with E-state index in [-0.39, 0.29) is 6.61 Å². The minimum atomic E-state index is 0.132. The predicted molar refractivity (Wildman–Crippen MR) is 120 cm³/mol. The van der Waals surface area contributed by atoms with Crippen LogP contribution < -0.4 is 4.74 Å². The Morgan fingerprint density at radius 1 is 0.966 bits per heavy atom. The molecule has 4 nitrogen and oxygen atoms in total. The Kier molecular flexibility index (Phi) is 4.46. The molecule has 2 aromatic heterocycles. The van der Waals surface area contributed by atoms with Gasteiger partial charge < -0.3 is 19.4 Å². The third kappa shape index (κ3) is 2.87. The van der Waals surface area contributed by atoms with Crippen LogP contribution in [0.4, 0.5) is 0 Å². The van der Waals surface area contributed by atoms with E-state index >= 15 is 0 Å². The third-order valence-corrected chi connectivity index (χ3v) is 5.87. The molecule has 5 aromatic rings. The van der Waals surface area contributed by atoms with Crippen LogP contribution in [-0.2, 0) is 7.05 Å². The molecule has 146 valence electrons. The SMILES string of the molecule is Cn1c2cc(OCCCO)ccc2c2c3c[nH]cc3c(-c3ccccc3Cl)cc21. The number of aliphatic hydroxyl groups is 1. The van der Waals surface area contributed by atoms with Gasteiger partial charge in [0, 0.05) is 70.7 Å². The molecule has 2 heterocycles. The van der Waals surface area contributed by atoms with Crippen molar-refractivity contribution in [2.75, 3.05) is 13.2 Å². The Morgan fingerprint density at radius 2 is 1.79 bits per heavy atom. The molecule has 29 heavy (non-hydrogen) atoms. The molecule has 5 heteroatoms. The van der Waals surface area contributed by atoms with Crippen molar-refractivity contribution >= 4 is 44.2 Å². The van der Waals surface area contributed by atoms with Gasteiger partial charge in [-0.25, -0.2) is 0 Å². The van der Waals surface area contributed by atoms with Gasteiger partial charge in [-0.05, 0) is 29.8 Å². The molecule has 0 bridgehead atoms. The maximum absolute atomic E-state index is 8.98. The van der Waals surface area contributed by atoms with E-state index in [1.165, 1.54) is 16.2 Å². The van der Waals surface area contributed by atoms with Crippen LogP contribution in [0.25, 0.3) is 43.7 Å². The number of hydrogen-bond acceptors (Lipinski definition) is 2. The average Bonchev–Trinajstić information content (AvgIpc) is 3.32. The molecular formula is C24H21ClN2O2. The fraction of sp³-hybridized carbons (Fsp3) is 0.167.